The average Bonchev–Trinajstić information content (AvgIpc) is 3.79. The number of hydrogen-bond donors (Lipinski definition) is 1. The molecule has 4 fully saturated rings. The van der Waals surface area contributed by atoms with E-state index in [9.17, 15) is 14.4 Å². The normalized spacial score (nSPS) is 24.3. The number of rotatable bonds is 6. The van der Waals surface area contributed by atoms with Gasteiger partial charge in [0.25, 0.3) is 0 Å². The molecule has 1 aromatic carbocycles. The number of benzene rings is 1. The molecule has 3 saturated heterocycles. The van der Waals surface area contributed by atoms with Crippen LogP contribution in [0.2, 0.25) is 5.02 Å². The fourth-order valence-electron chi connectivity index (χ4n) is 6.26. The molecular formula is C40H71ClN4O4. The van der Waals surface area contributed by atoms with E-state index in [1.165, 1.54) is 38.5 Å². The molecule has 0 bridgehead atoms. The minimum absolute atomic E-state index is 0.189. The van der Waals surface area contributed by atoms with Crippen LogP contribution >= 0.6 is 11.6 Å². The Morgan fingerprint density at radius 1 is 0.959 bits per heavy atom. The molecule has 8 nitrogen and oxygen atoms in total. The summed E-state index contributed by atoms with van der Waals surface area (Å²) >= 11 is 5.54. The molecule has 3 aliphatic heterocycles. The van der Waals surface area contributed by atoms with Crippen molar-refractivity contribution in [1.29, 1.82) is 0 Å². The predicted octanol–water partition coefficient (Wildman–Crippen LogP) is 7.93. The van der Waals surface area contributed by atoms with Crippen molar-refractivity contribution in [2.24, 2.45) is 23.7 Å². The van der Waals surface area contributed by atoms with Crippen molar-refractivity contribution in [3.05, 3.63) is 35.4 Å². The fourth-order valence-corrected chi connectivity index (χ4v) is 6.40. The number of carbonyl (C=O) groups excluding carboxylic acids is 3. The van der Waals surface area contributed by atoms with Crippen molar-refractivity contribution in [1.82, 2.24) is 20.0 Å². The van der Waals surface area contributed by atoms with E-state index < -0.39 is 0 Å². The molecule has 0 spiro atoms. The van der Waals surface area contributed by atoms with Crippen LogP contribution in [0, 0.1) is 23.7 Å². The smallest absolute Gasteiger partial charge is 0.227 e. The molecule has 4 aliphatic rings. The van der Waals surface area contributed by atoms with E-state index in [0.29, 0.717) is 43.4 Å². The minimum atomic E-state index is 0.189. The van der Waals surface area contributed by atoms with Gasteiger partial charge in [-0.15, -0.1) is 0 Å². The zero-order valence-electron chi connectivity index (χ0n) is 32.5. The number of carbonyl (C=O) groups is 3. The Hall–Kier alpha value is -2.16. The Bertz CT molecular complexity index is 1020. The van der Waals surface area contributed by atoms with Crippen molar-refractivity contribution in [2.45, 2.75) is 125 Å². The molecule has 1 aliphatic carbocycles. The zero-order chi connectivity index (χ0) is 36.8. The van der Waals surface area contributed by atoms with Crippen LogP contribution in [0.1, 0.15) is 114 Å². The van der Waals surface area contributed by atoms with Crippen molar-refractivity contribution in [2.75, 3.05) is 52.5 Å². The fraction of sp³-hybridized carbons (Fsp3) is 0.775. The maximum absolute atomic E-state index is 12.4. The second-order valence-corrected chi connectivity index (χ2v) is 15.4. The number of morpholine rings is 1. The Morgan fingerprint density at radius 3 is 1.96 bits per heavy atom. The third-order valence-corrected chi connectivity index (χ3v) is 10.1. The molecule has 3 heterocycles. The average molecular weight is 707 g/mol. The molecule has 1 aromatic rings. The van der Waals surface area contributed by atoms with Gasteiger partial charge in [-0.3, -0.25) is 19.3 Å². The predicted molar refractivity (Wildman–Crippen MR) is 205 cm³/mol. The summed E-state index contributed by atoms with van der Waals surface area (Å²) in [5.74, 6) is 2.76. The Morgan fingerprint density at radius 2 is 1.53 bits per heavy atom. The summed E-state index contributed by atoms with van der Waals surface area (Å²) in [6, 6.07) is 9.90. The van der Waals surface area contributed by atoms with Gasteiger partial charge < -0.3 is 19.9 Å². The quantitative estimate of drug-likeness (QED) is 0.304. The molecule has 1 saturated carbocycles. The standard InChI is InChI=1S/C14H26N2O.C13H25NO.C6H5Cl.C5H9NO2.C2H6/c1-11-9-16(14(2,3)4)10-12(11)13(17)15-7-5-6-8-15;1-4-10(2)9-13(15)14-12-7-5-11(3)6-8-12;7-6-4-2-1-3-5-6;7-5-6-1-3-8-4-2-6;1-2/h11-12H,5-10H2,1-4H3;10-12H,4-9H2,1-3H3,(H,14,15);1-5H;5H,1-4H2;1-2H3/t11?,12-;;;;/m1..../s1. The van der Waals surface area contributed by atoms with Crippen molar-refractivity contribution in [3.8, 4) is 0 Å². The summed E-state index contributed by atoms with van der Waals surface area (Å²) in [4.78, 5) is 40.4. The number of ether oxygens (including phenoxy) is 1. The minimum Gasteiger partial charge on any atom is -0.378 e. The van der Waals surface area contributed by atoms with Gasteiger partial charge in [0.15, 0.2) is 0 Å². The number of nitrogens with zero attached hydrogens (tertiary/aromatic N) is 3. The summed E-state index contributed by atoms with van der Waals surface area (Å²) in [5, 5.41) is 3.96. The first-order valence-electron chi connectivity index (χ1n) is 19.1. The Kier molecular flexibility index (Phi) is 22.8. The topological polar surface area (TPSA) is 82.2 Å². The SMILES string of the molecule is CC.CC1CN(C(C)(C)C)C[C@H]1C(=O)N1CCCC1.CCC(C)CC(=O)NC1CCC(C)CC1.Clc1ccccc1.O=CN1CCOCC1. The third-order valence-electron chi connectivity index (χ3n) is 9.84. The van der Waals surface area contributed by atoms with Gasteiger partial charge in [-0.2, -0.15) is 0 Å². The van der Waals surface area contributed by atoms with Crippen LogP contribution in [0.15, 0.2) is 30.3 Å². The highest BCUT2D eigenvalue weighted by Crippen LogP contribution is 2.31. The van der Waals surface area contributed by atoms with E-state index in [1.54, 1.807) is 4.90 Å². The van der Waals surface area contributed by atoms with Crippen molar-refractivity contribution >= 4 is 29.8 Å². The van der Waals surface area contributed by atoms with Gasteiger partial charge in [-0.1, -0.05) is 77.8 Å². The maximum atomic E-state index is 12.4. The number of likely N-dealkylation sites (tertiary alicyclic amines) is 2. The number of nitrogens with one attached hydrogen (secondary N) is 1. The van der Waals surface area contributed by atoms with E-state index >= 15 is 0 Å². The third kappa shape index (κ3) is 18.6. The molecule has 282 valence electrons. The summed E-state index contributed by atoms with van der Waals surface area (Å²) in [6.07, 6.45) is 9.93. The van der Waals surface area contributed by atoms with Gasteiger partial charge in [0, 0.05) is 62.3 Å². The lowest BCUT2D eigenvalue weighted by Gasteiger charge is -2.32. The highest BCUT2D eigenvalue weighted by atomic mass is 35.5. The molecule has 9 heteroatoms. The molecule has 5 rings (SSSR count). The molecule has 3 atom stereocenters. The first-order chi connectivity index (χ1) is 23.3. The number of halogens is 1. The lowest BCUT2D eigenvalue weighted by molar-refractivity contribution is -0.135. The van der Waals surface area contributed by atoms with Crippen molar-refractivity contribution < 1.29 is 19.1 Å². The largest absolute Gasteiger partial charge is 0.378 e. The summed E-state index contributed by atoms with van der Waals surface area (Å²) < 4.78 is 5.00. The summed E-state index contributed by atoms with van der Waals surface area (Å²) in [7, 11) is 0. The number of amides is 3. The highest BCUT2D eigenvalue weighted by molar-refractivity contribution is 6.30. The lowest BCUT2D eigenvalue weighted by Crippen LogP contribution is -2.41. The molecule has 1 N–H and O–H groups in total. The van der Waals surface area contributed by atoms with Gasteiger partial charge in [0.1, 0.15) is 0 Å². The van der Waals surface area contributed by atoms with Gasteiger partial charge >= 0.3 is 0 Å². The van der Waals surface area contributed by atoms with Crippen LogP contribution < -0.4 is 5.32 Å². The zero-order valence-corrected chi connectivity index (χ0v) is 33.3. The first kappa shape index (κ1) is 44.9. The first-order valence-corrected chi connectivity index (χ1v) is 19.5. The van der Waals surface area contributed by atoms with Gasteiger partial charge in [-0.25, -0.2) is 0 Å². The van der Waals surface area contributed by atoms with Crippen LogP contribution in [0.25, 0.3) is 0 Å². The summed E-state index contributed by atoms with van der Waals surface area (Å²) in [5.41, 5.74) is 0.189. The monoisotopic (exact) mass is 707 g/mol. The molecule has 0 aromatic heterocycles. The molecule has 3 amide bonds. The second kappa shape index (κ2) is 24.9. The molecule has 2 unspecified atom stereocenters. The van der Waals surface area contributed by atoms with Gasteiger partial charge in [-0.05, 0) is 89.2 Å². The van der Waals surface area contributed by atoms with Gasteiger partial charge in [0.05, 0.1) is 19.1 Å². The van der Waals surface area contributed by atoms with Crippen LogP contribution in [0.3, 0.4) is 0 Å². The molecule has 49 heavy (non-hydrogen) atoms. The van der Waals surface area contributed by atoms with E-state index in [4.69, 9.17) is 16.3 Å². The van der Waals surface area contributed by atoms with Crippen LogP contribution in [0.5, 0.6) is 0 Å². The second-order valence-electron chi connectivity index (χ2n) is 15.0. The molecule has 0 radical (unpaired) electrons. The van der Waals surface area contributed by atoms with E-state index in [0.717, 1.165) is 63.0 Å². The van der Waals surface area contributed by atoms with E-state index in [1.807, 2.05) is 44.2 Å². The van der Waals surface area contributed by atoms with E-state index in [2.05, 4.69) is 63.6 Å². The summed E-state index contributed by atoms with van der Waals surface area (Å²) in [6.45, 7) is 26.4. The van der Waals surface area contributed by atoms with Gasteiger partial charge in [0.2, 0.25) is 18.2 Å². The number of hydrogen-bond acceptors (Lipinski definition) is 5. The highest BCUT2D eigenvalue weighted by Gasteiger charge is 2.40. The van der Waals surface area contributed by atoms with Crippen LogP contribution in [-0.4, -0.2) is 97.0 Å². The van der Waals surface area contributed by atoms with Crippen LogP contribution in [-0.2, 0) is 19.1 Å². The maximum Gasteiger partial charge on any atom is 0.227 e. The Labute approximate surface area is 305 Å². The van der Waals surface area contributed by atoms with Crippen molar-refractivity contribution in [3.63, 3.8) is 0 Å². The van der Waals surface area contributed by atoms with Crippen LogP contribution in [0.4, 0.5) is 0 Å². The van der Waals surface area contributed by atoms with E-state index in [-0.39, 0.29) is 17.4 Å². The lowest BCUT2D eigenvalue weighted by atomic mass is 9.87. The molecular weight excluding hydrogens is 636 g/mol. The Balaban J connectivity index is 0.000000340.